The van der Waals surface area contributed by atoms with Gasteiger partial charge in [0.15, 0.2) is 5.65 Å². The maximum Gasteiger partial charge on any atom is 0.280 e. The van der Waals surface area contributed by atoms with E-state index in [0.717, 1.165) is 4.68 Å². The molecule has 0 aliphatic rings. The lowest BCUT2D eigenvalue weighted by Crippen LogP contribution is -2.32. The first-order valence-corrected chi connectivity index (χ1v) is 6.76. The maximum absolute atomic E-state index is 12.2. The number of nitrogens with zero attached hydrogens (tertiary/aromatic N) is 5. The molecule has 8 heteroatoms. The highest BCUT2D eigenvalue weighted by molar-refractivity contribution is 5.72. The Morgan fingerprint density at radius 1 is 1.32 bits per heavy atom. The van der Waals surface area contributed by atoms with E-state index in [0.29, 0.717) is 16.8 Å². The van der Waals surface area contributed by atoms with Crippen LogP contribution >= 0.6 is 0 Å². The summed E-state index contributed by atoms with van der Waals surface area (Å²) in [7, 11) is 1.68. The number of ether oxygens (including phenoxy) is 1. The zero-order valence-corrected chi connectivity index (χ0v) is 12.0. The van der Waals surface area contributed by atoms with Gasteiger partial charge in [0.25, 0.3) is 5.56 Å². The van der Waals surface area contributed by atoms with E-state index in [1.165, 1.54) is 10.9 Å². The Balaban J connectivity index is 1.70. The van der Waals surface area contributed by atoms with Gasteiger partial charge in [-0.05, 0) is 12.1 Å². The van der Waals surface area contributed by atoms with Gasteiger partial charge in [-0.3, -0.25) is 4.79 Å². The molecule has 0 spiro atoms. The van der Waals surface area contributed by atoms with E-state index < -0.39 is 6.10 Å². The monoisotopic (exact) mass is 301 g/mol. The average molecular weight is 301 g/mol. The van der Waals surface area contributed by atoms with Crippen molar-refractivity contribution in [2.75, 3.05) is 6.61 Å². The number of aromatic nitrogens is 5. The molecule has 1 N–H and O–H groups in total. The van der Waals surface area contributed by atoms with Crippen molar-refractivity contribution < 1.29 is 9.84 Å². The molecular formula is C14H15N5O3. The summed E-state index contributed by atoms with van der Waals surface area (Å²) in [5.41, 5.74) is 0.0770. The molecule has 2 aromatic heterocycles. The molecule has 3 rings (SSSR count). The van der Waals surface area contributed by atoms with Crippen LogP contribution < -0.4 is 10.3 Å². The van der Waals surface area contributed by atoms with Gasteiger partial charge in [0, 0.05) is 7.05 Å². The topological polar surface area (TPSA) is 95.1 Å². The quantitative estimate of drug-likeness (QED) is 0.711. The minimum absolute atomic E-state index is 0.00347. The van der Waals surface area contributed by atoms with Gasteiger partial charge < -0.3 is 9.84 Å². The van der Waals surface area contributed by atoms with Gasteiger partial charge in [0.05, 0.1) is 12.7 Å². The molecule has 114 valence electrons. The van der Waals surface area contributed by atoms with Gasteiger partial charge >= 0.3 is 0 Å². The number of hydrogen-bond acceptors (Lipinski definition) is 6. The second-order valence-corrected chi connectivity index (χ2v) is 4.86. The summed E-state index contributed by atoms with van der Waals surface area (Å²) < 4.78 is 8.03. The standard InChI is InChI=1S/C14H15N5O3/c1-18-13-12(7-15-18)14(21)19(17-16-13)8-10(20)9-22-11-5-3-2-4-6-11/h2-7,10,20H,8-9H2,1H3/t10-/m1/s1. The van der Waals surface area contributed by atoms with Crippen LogP contribution in [-0.4, -0.2) is 42.6 Å². The van der Waals surface area contributed by atoms with E-state index in [1.807, 2.05) is 18.2 Å². The van der Waals surface area contributed by atoms with Gasteiger partial charge in [-0.15, -0.1) is 5.10 Å². The van der Waals surface area contributed by atoms with Crippen molar-refractivity contribution in [1.82, 2.24) is 24.8 Å². The normalized spacial score (nSPS) is 12.5. The molecule has 22 heavy (non-hydrogen) atoms. The highest BCUT2D eigenvalue weighted by Crippen LogP contribution is 2.08. The predicted molar refractivity (Wildman–Crippen MR) is 78.5 cm³/mol. The summed E-state index contributed by atoms with van der Waals surface area (Å²) in [5, 5.41) is 22.1. The molecule has 0 aliphatic carbocycles. The zero-order valence-electron chi connectivity index (χ0n) is 12.0. The molecule has 1 aromatic carbocycles. The van der Waals surface area contributed by atoms with Crippen molar-refractivity contribution in [3.8, 4) is 5.75 Å². The van der Waals surface area contributed by atoms with Crippen LogP contribution in [0.5, 0.6) is 5.75 Å². The molecular weight excluding hydrogens is 286 g/mol. The summed E-state index contributed by atoms with van der Waals surface area (Å²) in [5.74, 6) is 0.655. The lowest BCUT2D eigenvalue weighted by Gasteiger charge is -2.12. The number of benzene rings is 1. The molecule has 0 fully saturated rings. The Labute approximate surface area is 125 Å². The fourth-order valence-electron chi connectivity index (χ4n) is 2.06. The molecule has 0 amide bonds. The van der Waals surface area contributed by atoms with Gasteiger partial charge in [-0.2, -0.15) is 5.10 Å². The van der Waals surface area contributed by atoms with E-state index in [2.05, 4.69) is 15.4 Å². The zero-order chi connectivity index (χ0) is 15.5. The fourth-order valence-corrected chi connectivity index (χ4v) is 2.06. The first-order chi connectivity index (χ1) is 10.6. The molecule has 0 bridgehead atoms. The van der Waals surface area contributed by atoms with Crippen LogP contribution in [0.3, 0.4) is 0 Å². The third-order valence-electron chi connectivity index (χ3n) is 3.19. The molecule has 2 heterocycles. The predicted octanol–water partition coefficient (Wildman–Crippen LogP) is -0.0351. The SMILES string of the molecule is Cn1ncc2c(=O)n(C[C@@H](O)COc3ccccc3)nnc21. The smallest absolute Gasteiger partial charge is 0.280 e. The number of rotatable bonds is 5. The summed E-state index contributed by atoms with van der Waals surface area (Å²) in [6.45, 7) is 0.0622. The molecule has 0 aliphatic heterocycles. The first kappa shape index (κ1) is 14.2. The van der Waals surface area contributed by atoms with Gasteiger partial charge in [-0.25, -0.2) is 9.36 Å². The van der Waals surface area contributed by atoms with Gasteiger partial charge in [0.1, 0.15) is 23.8 Å². The number of aliphatic hydroxyl groups is 1. The highest BCUT2D eigenvalue weighted by Gasteiger charge is 2.13. The van der Waals surface area contributed by atoms with E-state index >= 15 is 0 Å². The molecule has 0 saturated carbocycles. The molecule has 1 atom stereocenters. The van der Waals surface area contributed by atoms with Crippen molar-refractivity contribution in [1.29, 1.82) is 0 Å². The van der Waals surface area contributed by atoms with Crippen molar-refractivity contribution in [2.24, 2.45) is 7.05 Å². The minimum Gasteiger partial charge on any atom is -0.491 e. The van der Waals surface area contributed by atoms with Crippen LogP contribution in [0.25, 0.3) is 11.0 Å². The van der Waals surface area contributed by atoms with Crippen LogP contribution in [0.4, 0.5) is 0 Å². The average Bonchev–Trinajstić information content (AvgIpc) is 2.91. The molecule has 3 aromatic rings. The number of fused-ring (bicyclic) bond motifs is 1. The number of hydrogen-bond donors (Lipinski definition) is 1. The number of para-hydroxylation sites is 1. The third-order valence-corrected chi connectivity index (χ3v) is 3.19. The molecule has 8 nitrogen and oxygen atoms in total. The summed E-state index contributed by atoms with van der Waals surface area (Å²) >= 11 is 0. The van der Waals surface area contributed by atoms with Gasteiger partial charge in [0.2, 0.25) is 0 Å². The van der Waals surface area contributed by atoms with Crippen molar-refractivity contribution in [2.45, 2.75) is 12.6 Å². The maximum atomic E-state index is 12.2. The summed E-state index contributed by atoms with van der Waals surface area (Å²) in [4.78, 5) is 12.2. The minimum atomic E-state index is -0.874. The Hall–Kier alpha value is -2.74. The Bertz CT molecular complexity index is 827. The van der Waals surface area contributed by atoms with Crippen molar-refractivity contribution >= 4 is 11.0 Å². The lowest BCUT2D eigenvalue weighted by molar-refractivity contribution is 0.0873. The Morgan fingerprint density at radius 3 is 2.86 bits per heavy atom. The van der Waals surface area contributed by atoms with E-state index in [4.69, 9.17) is 4.74 Å². The van der Waals surface area contributed by atoms with Gasteiger partial charge in [-0.1, -0.05) is 23.4 Å². The molecule has 0 saturated heterocycles. The van der Waals surface area contributed by atoms with E-state index in [9.17, 15) is 9.90 Å². The second kappa shape index (κ2) is 5.94. The Morgan fingerprint density at radius 2 is 2.09 bits per heavy atom. The van der Waals surface area contributed by atoms with E-state index in [-0.39, 0.29) is 18.7 Å². The van der Waals surface area contributed by atoms with Crippen LogP contribution in [0.2, 0.25) is 0 Å². The molecule has 0 unspecified atom stereocenters. The Kier molecular flexibility index (Phi) is 3.84. The van der Waals surface area contributed by atoms with Crippen LogP contribution in [0, 0.1) is 0 Å². The largest absolute Gasteiger partial charge is 0.491 e. The van der Waals surface area contributed by atoms with Crippen molar-refractivity contribution in [3.05, 3.63) is 46.9 Å². The van der Waals surface area contributed by atoms with Crippen molar-refractivity contribution in [3.63, 3.8) is 0 Å². The van der Waals surface area contributed by atoms with E-state index in [1.54, 1.807) is 19.2 Å². The summed E-state index contributed by atoms with van der Waals surface area (Å²) in [6, 6.07) is 9.14. The lowest BCUT2D eigenvalue weighted by atomic mass is 10.3. The number of aryl methyl sites for hydroxylation is 1. The molecule has 0 radical (unpaired) electrons. The summed E-state index contributed by atoms with van der Waals surface area (Å²) in [6.07, 6.45) is 0.566. The highest BCUT2D eigenvalue weighted by atomic mass is 16.5. The fraction of sp³-hybridized carbons (Fsp3) is 0.286. The van der Waals surface area contributed by atoms with Crippen LogP contribution in [-0.2, 0) is 13.6 Å². The van der Waals surface area contributed by atoms with Crippen LogP contribution in [0.15, 0.2) is 41.3 Å². The first-order valence-electron chi connectivity index (χ1n) is 6.76. The third kappa shape index (κ3) is 2.82. The second-order valence-electron chi connectivity index (χ2n) is 4.86. The number of aliphatic hydroxyl groups excluding tert-OH is 1. The van der Waals surface area contributed by atoms with Crippen LogP contribution in [0.1, 0.15) is 0 Å².